The van der Waals surface area contributed by atoms with Crippen molar-refractivity contribution in [1.29, 1.82) is 0 Å². The highest BCUT2D eigenvalue weighted by Crippen LogP contribution is 2.34. The minimum Gasteiger partial charge on any atom is -0.497 e. The molecule has 1 aromatic carbocycles. The number of rotatable bonds is 6. The topological polar surface area (TPSA) is 43.4 Å². The first kappa shape index (κ1) is 13.8. The molecule has 19 heavy (non-hydrogen) atoms. The van der Waals surface area contributed by atoms with Crippen molar-refractivity contribution >= 4 is 11.3 Å². The van der Waals surface area contributed by atoms with Gasteiger partial charge in [-0.15, -0.1) is 11.3 Å². The lowest BCUT2D eigenvalue weighted by atomic mass is 10.0. The predicted octanol–water partition coefficient (Wildman–Crippen LogP) is 2.86. The molecule has 0 radical (unpaired) electrons. The zero-order valence-corrected chi connectivity index (χ0v) is 12.2. The standard InChI is InChI=1S/C14H18N2O2S/c1-4-16-14(13-8-15-9-19-13)11-7-10(17-2)5-6-12(11)18-3/h5-9,14,16H,4H2,1-3H3. The molecule has 1 atom stereocenters. The van der Waals surface area contributed by atoms with E-state index >= 15 is 0 Å². The number of nitrogens with one attached hydrogen (secondary N) is 1. The van der Waals surface area contributed by atoms with E-state index in [1.54, 1.807) is 25.6 Å². The van der Waals surface area contributed by atoms with Gasteiger partial charge >= 0.3 is 0 Å². The van der Waals surface area contributed by atoms with Crippen molar-refractivity contribution in [1.82, 2.24) is 10.3 Å². The molecule has 0 amide bonds. The van der Waals surface area contributed by atoms with Crippen molar-refractivity contribution in [3.63, 3.8) is 0 Å². The van der Waals surface area contributed by atoms with Crippen molar-refractivity contribution in [3.8, 4) is 11.5 Å². The van der Waals surface area contributed by atoms with Crippen LogP contribution in [0.5, 0.6) is 11.5 Å². The first-order valence-corrected chi connectivity index (χ1v) is 7.01. The summed E-state index contributed by atoms with van der Waals surface area (Å²) in [5.74, 6) is 1.67. The summed E-state index contributed by atoms with van der Waals surface area (Å²) in [5, 5.41) is 3.46. The van der Waals surface area contributed by atoms with Crippen LogP contribution < -0.4 is 14.8 Å². The van der Waals surface area contributed by atoms with Crippen molar-refractivity contribution in [2.24, 2.45) is 0 Å². The Morgan fingerprint density at radius 2 is 2.16 bits per heavy atom. The van der Waals surface area contributed by atoms with E-state index < -0.39 is 0 Å². The average Bonchev–Trinajstić information content (AvgIpc) is 2.98. The molecule has 1 heterocycles. The van der Waals surface area contributed by atoms with E-state index in [1.165, 1.54) is 0 Å². The Hall–Kier alpha value is -1.59. The van der Waals surface area contributed by atoms with Gasteiger partial charge < -0.3 is 14.8 Å². The number of nitrogens with zero attached hydrogens (tertiary/aromatic N) is 1. The number of benzene rings is 1. The molecule has 0 saturated carbocycles. The van der Waals surface area contributed by atoms with Gasteiger partial charge in [0.2, 0.25) is 0 Å². The lowest BCUT2D eigenvalue weighted by Crippen LogP contribution is -2.21. The molecule has 0 saturated heterocycles. The largest absolute Gasteiger partial charge is 0.497 e. The van der Waals surface area contributed by atoms with Crippen molar-refractivity contribution in [3.05, 3.63) is 40.3 Å². The second-order valence-electron chi connectivity index (χ2n) is 4.00. The molecule has 0 spiro atoms. The van der Waals surface area contributed by atoms with Crippen LogP contribution in [0.4, 0.5) is 0 Å². The molecule has 2 aromatic rings. The Morgan fingerprint density at radius 1 is 1.32 bits per heavy atom. The summed E-state index contributed by atoms with van der Waals surface area (Å²) in [7, 11) is 3.35. The third kappa shape index (κ3) is 3.05. The maximum atomic E-state index is 5.46. The number of hydrogen-bond donors (Lipinski definition) is 1. The summed E-state index contributed by atoms with van der Waals surface area (Å²) in [6.45, 7) is 2.95. The summed E-state index contributed by atoms with van der Waals surface area (Å²) >= 11 is 1.63. The van der Waals surface area contributed by atoms with Crippen LogP contribution in [0, 0.1) is 0 Å². The van der Waals surface area contributed by atoms with Gasteiger partial charge in [0.15, 0.2) is 0 Å². The van der Waals surface area contributed by atoms with Crippen LogP contribution in [0.25, 0.3) is 0 Å². The fraction of sp³-hybridized carbons (Fsp3) is 0.357. The van der Waals surface area contributed by atoms with Gasteiger partial charge in [-0.2, -0.15) is 0 Å². The van der Waals surface area contributed by atoms with Gasteiger partial charge in [0.1, 0.15) is 11.5 Å². The van der Waals surface area contributed by atoms with Crippen LogP contribution in [-0.2, 0) is 0 Å². The molecule has 0 aliphatic rings. The summed E-state index contributed by atoms with van der Waals surface area (Å²) in [4.78, 5) is 5.32. The van der Waals surface area contributed by atoms with E-state index in [1.807, 2.05) is 29.9 Å². The third-order valence-electron chi connectivity index (χ3n) is 2.89. The fourth-order valence-electron chi connectivity index (χ4n) is 2.00. The first-order valence-electron chi connectivity index (χ1n) is 6.13. The van der Waals surface area contributed by atoms with Gasteiger partial charge in [0, 0.05) is 16.6 Å². The van der Waals surface area contributed by atoms with Gasteiger partial charge in [0.05, 0.1) is 25.8 Å². The smallest absolute Gasteiger partial charge is 0.124 e. The van der Waals surface area contributed by atoms with Crippen molar-refractivity contribution < 1.29 is 9.47 Å². The number of methoxy groups -OCH3 is 2. The lowest BCUT2D eigenvalue weighted by molar-refractivity contribution is 0.394. The molecule has 102 valence electrons. The number of thiazole rings is 1. The Kier molecular flexibility index (Phi) is 4.76. The van der Waals surface area contributed by atoms with Crippen LogP contribution >= 0.6 is 11.3 Å². The van der Waals surface area contributed by atoms with E-state index in [4.69, 9.17) is 9.47 Å². The van der Waals surface area contributed by atoms with Crippen molar-refractivity contribution in [2.75, 3.05) is 20.8 Å². The summed E-state index contributed by atoms with van der Waals surface area (Å²) < 4.78 is 10.8. The normalized spacial score (nSPS) is 12.2. The Balaban J connectivity index is 2.45. The maximum Gasteiger partial charge on any atom is 0.124 e. The van der Waals surface area contributed by atoms with E-state index in [0.717, 1.165) is 28.5 Å². The fourth-order valence-corrected chi connectivity index (χ4v) is 2.71. The van der Waals surface area contributed by atoms with Crippen LogP contribution in [0.1, 0.15) is 23.4 Å². The number of ether oxygens (including phenoxy) is 2. The zero-order chi connectivity index (χ0) is 13.7. The monoisotopic (exact) mass is 278 g/mol. The molecule has 0 aliphatic heterocycles. The molecular formula is C14H18N2O2S. The highest BCUT2D eigenvalue weighted by molar-refractivity contribution is 7.09. The molecular weight excluding hydrogens is 260 g/mol. The molecule has 5 heteroatoms. The van der Waals surface area contributed by atoms with Crippen LogP contribution in [0.15, 0.2) is 29.9 Å². The minimum atomic E-state index is 0.0718. The summed E-state index contributed by atoms with van der Waals surface area (Å²) in [5.41, 5.74) is 2.90. The quantitative estimate of drug-likeness (QED) is 0.882. The molecule has 0 bridgehead atoms. The second-order valence-corrected chi connectivity index (χ2v) is 4.92. The van der Waals surface area contributed by atoms with E-state index in [0.29, 0.717) is 0 Å². The maximum absolute atomic E-state index is 5.46. The SMILES string of the molecule is CCNC(c1cncs1)c1cc(OC)ccc1OC. The molecule has 1 aromatic heterocycles. The molecule has 0 fully saturated rings. The van der Waals surface area contributed by atoms with Gasteiger partial charge in [0.25, 0.3) is 0 Å². The van der Waals surface area contributed by atoms with Crippen LogP contribution in [0.2, 0.25) is 0 Å². The van der Waals surface area contributed by atoms with E-state index in [-0.39, 0.29) is 6.04 Å². The van der Waals surface area contributed by atoms with Crippen molar-refractivity contribution in [2.45, 2.75) is 13.0 Å². The van der Waals surface area contributed by atoms with Gasteiger partial charge in [-0.05, 0) is 24.7 Å². The zero-order valence-electron chi connectivity index (χ0n) is 11.3. The average molecular weight is 278 g/mol. The number of hydrogen-bond acceptors (Lipinski definition) is 5. The van der Waals surface area contributed by atoms with Gasteiger partial charge in [-0.25, -0.2) is 0 Å². The van der Waals surface area contributed by atoms with Gasteiger partial charge in [-0.1, -0.05) is 6.92 Å². The second kappa shape index (κ2) is 6.54. The molecule has 0 aliphatic carbocycles. The summed E-state index contributed by atoms with van der Waals surface area (Å²) in [6, 6.07) is 5.91. The third-order valence-corrected chi connectivity index (χ3v) is 3.73. The summed E-state index contributed by atoms with van der Waals surface area (Å²) in [6.07, 6.45) is 1.89. The van der Waals surface area contributed by atoms with Crippen LogP contribution in [0.3, 0.4) is 0 Å². The lowest BCUT2D eigenvalue weighted by Gasteiger charge is -2.20. The minimum absolute atomic E-state index is 0.0718. The number of aromatic nitrogens is 1. The molecule has 2 rings (SSSR count). The Morgan fingerprint density at radius 3 is 2.74 bits per heavy atom. The predicted molar refractivity (Wildman–Crippen MR) is 77.2 cm³/mol. The first-order chi connectivity index (χ1) is 9.30. The highest BCUT2D eigenvalue weighted by Gasteiger charge is 2.19. The van der Waals surface area contributed by atoms with Crippen LogP contribution in [-0.4, -0.2) is 25.7 Å². The molecule has 1 N–H and O–H groups in total. The Labute approximate surface area is 117 Å². The molecule has 1 unspecified atom stereocenters. The van der Waals surface area contributed by atoms with E-state index in [9.17, 15) is 0 Å². The highest BCUT2D eigenvalue weighted by atomic mass is 32.1. The van der Waals surface area contributed by atoms with E-state index in [2.05, 4.69) is 17.2 Å². The molecule has 4 nitrogen and oxygen atoms in total. The Bertz CT molecular complexity index is 514. The van der Waals surface area contributed by atoms with Gasteiger partial charge in [-0.3, -0.25) is 4.98 Å².